The van der Waals surface area contributed by atoms with Crippen molar-refractivity contribution < 1.29 is 9.47 Å². The van der Waals surface area contributed by atoms with E-state index in [4.69, 9.17) is 9.47 Å². The van der Waals surface area contributed by atoms with Gasteiger partial charge < -0.3 is 9.47 Å². The third kappa shape index (κ3) is 4.15. The Balaban J connectivity index is 1.95. The smallest absolute Gasteiger partial charge is 0.126 e. The third-order valence-corrected chi connectivity index (χ3v) is 4.22. The predicted molar refractivity (Wildman–Crippen MR) is 88.3 cm³/mol. The van der Waals surface area contributed by atoms with Crippen LogP contribution in [0, 0.1) is 11.8 Å². The van der Waals surface area contributed by atoms with Gasteiger partial charge in [-0.15, -0.1) is 0 Å². The van der Waals surface area contributed by atoms with Crippen LogP contribution in [0.4, 0.5) is 0 Å². The molecule has 1 aromatic carbocycles. The second-order valence-electron chi connectivity index (χ2n) is 7.73. The highest BCUT2D eigenvalue weighted by molar-refractivity contribution is 5.47. The molecule has 2 nitrogen and oxygen atoms in total. The number of hydrogen-bond acceptors (Lipinski definition) is 2. The molecule has 0 radical (unpaired) electrons. The van der Waals surface area contributed by atoms with E-state index in [2.05, 4.69) is 53.7 Å². The monoisotopic (exact) mass is 290 g/mol. The third-order valence-electron chi connectivity index (χ3n) is 4.22. The highest BCUT2D eigenvalue weighted by Crippen LogP contribution is 2.40. The first kappa shape index (κ1) is 16.2. The molecule has 0 aliphatic carbocycles. The summed E-state index contributed by atoms with van der Waals surface area (Å²) in [5.74, 6) is 3.36. The Morgan fingerprint density at radius 2 is 1.86 bits per heavy atom. The summed E-state index contributed by atoms with van der Waals surface area (Å²) >= 11 is 0. The van der Waals surface area contributed by atoms with E-state index in [9.17, 15) is 0 Å². The van der Waals surface area contributed by atoms with Crippen LogP contribution in [0.1, 0.15) is 59.9 Å². The summed E-state index contributed by atoms with van der Waals surface area (Å²) in [7, 11) is 0. The number of fused-ring (bicyclic) bond motifs is 1. The lowest BCUT2D eigenvalue weighted by Crippen LogP contribution is -2.18. The maximum Gasteiger partial charge on any atom is 0.126 e. The van der Waals surface area contributed by atoms with Gasteiger partial charge in [0.1, 0.15) is 11.5 Å². The fraction of sp³-hybridized carbons (Fsp3) is 0.684. The minimum absolute atomic E-state index is 0.116. The summed E-state index contributed by atoms with van der Waals surface area (Å²) in [5.41, 5.74) is 1.40. The van der Waals surface area contributed by atoms with Gasteiger partial charge >= 0.3 is 0 Å². The molecule has 0 fully saturated rings. The highest BCUT2D eigenvalue weighted by atomic mass is 16.5. The minimum atomic E-state index is 0.116. The molecule has 0 N–H and O–H groups in total. The van der Waals surface area contributed by atoms with Gasteiger partial charge in [-0.25, -0.2) is 0 Å². The van der Waals surface area contributed by atoms with Crippen molar-refractivity contribution in [3.8, 4) is 11.5 Å². The van der Waals surface area contributed by atoms with Gasteiger partial charge in [0.25, 0.3) is 0 Å². The van der Waals surface area contributed by atoms with Gasteiger partial charge in [0.15, 0.2) is 0 Å². The van der Waals surface area contributed by atoms with Crippen molar-refractivity contribution >= 4 is 0 Å². The highest BCUT2D eigenvalue weighted by Gasteiger charge is 2.31. The topological polar surface area (TPSA) is 18.5 Å². The maximum absolute atomic E-state index is 6.08. The van der Waals surface area contributed by atoms with Crippen LogP contribution in [0.5, 0.6) is 11.5 Å². The lowest BCUT2D eigenvalue weighted by molar-refractivity contribution is 0.181. The molecule has 2 heteroatoms. The fourth-order valence-electron chi connectivity index (χ4n) is 3.34. The number of benzene rings is 1. The molecule has 0 saturated carbocycles. The molecule has 118 valence electrons. The van der Waals surface area contributed by atoms with Crippen molar-refractivity contribution in [2.45, 2.75) is 65.9 Å². The first-order valence-electron chi connectivity index (χ1n) is 8.22. The lowest BCUT2D eigenvalue weighted by Gasteiger charge is -2.21. The van der Waals surface area contributed by atoms with E-state index in [1.807, 2.05) is 6.07 Å². The van der Waals surface area contributed by atoms with Crippen LogP contribution in [-0.4, -0.2) is 12.7 Å². The summed E-state index contributed by atoms with van der Waals surface area (Å²) in [6, 6.07) is 6.29. The zero-order chi connectivity index (χ0) is 15.6. The summed E-state index contributed by atoms with van der Waals surface area (Å²) in [6.45, 7) is 14.2. The Hall–Kier alpha value is -1.18. The zero-order valence-corrected chi connectivity index (χ0v) is 14.4. The molecule has 2 unspecified atom stereocenters. The Morgan fingerprint density at radius 1 is 1.14 bits per heavy atom. The van der Waals surface area contributed by atoms with Crippen LogP contribution < -0.4 is 9.47 Å². The zero-order valence-electron chi connectivity index (χ0n) is 14.4. The van der Waals surface area contributed by atoms with Crippen LogP contribution >= 0.6 is 0 Å². The SMILES string of the molecule is CC(C)CC(C)CC(C)Oc1ccc2c(c1)OCC2(C)C. The van der Waals surface area contributed by atoms with Crippen LogP contribution in [-0.2, 0) is 5.41 Å². The van der Waals surface area contributed by atoms with Crippen molar-refractivity contribution in [2.75, 3.05) is 6.61 Å². The molecule has 1 aliphatic heterocycles. The Morgan fingerprint density at radius 3 is 2.52 bits per heavy atom. The van der Waals surface area contributed by atoms with Gasteiger partial charge in [0.2, 0.25) is 0 Å². The predicted octanol–water partition coefficient (Wildman–Crippen LogP) is 5.20. The molecule has 0 bridgehead atoms. The fourth-order valence-corrected chi connectivity index (χ4v) is 3.34. The van der Waals surface area contributed by atoms with Crippen LogP contribution in [0.3, 0.4) is 0 Å². The van der Waals surface area contributed by atoms with Crippen molar-refractivity contribution in [1.82, 2.24) is 0 Å². The molecule has 0 aromatic heterocycles. The van der Waals surface area contributed by atoms with Gasteiger partial charge in [0.05, 0.1) is 12.7 Å². The molecular weight excluding hydrogens is 260 g/mol. The average molecular weight is 290 g/mol. The van der Waals surface area contributed by atoms with E-state index >= 15 is 0 Å². The summed E-state index contributed by atoms with van der Waals surface area (Å²) in [6.07, 6.45) is 2.60. The van der Waals surface area contributed by atoms with Crippen molar-refractivity contribution in [2.24, 2.45) is 11.8 Å². The summed E-state index contributed by atoms with van der Waals surface area (Å²) in [5, 5.41) is 0. The Kier molecular flexibility index (Phi) is 4.85. The molecule has 21 heavy (non-hydrogen) atoms. The average Bonchev–Trinajstić information content (AvgIpc) is 2.63. The second-order valence-corrected chi connectivity index (χ2v) is 7.73. The minimum Gasteiger partial charge on any atom is -0.492 e. The Labute approximate surface area is 129 Å². The van der Waals surface area contributed by atoms with Gasteiger partial charge in [-0.3, -0.25) is 0 Å². The lowest BCUT2D eigenvalue weighted by atomic mass is 9.87. The number of hydrogen-bond donors (Lipinski definition) is 0. The quantitative estimate of drug-likeness (QED) is 0.717. The van der Waals surface area contributed by atoms with Gasteiger partial charge in [-0.2, -0.15) is 0 Å². The van der Waals surface area contributed by atoms with Gasteiger partial charge in [-0.05, 0) is 37.7 Å². The van der Waals surface area contributed by atoms with E-state index in [1.165, 1.54) is 12.0 Å². The molecule has 2 atom stereocenters. The summed E-state index contributed by atoms with van der Waals surface area (Å²) in [4.78, 5) is 0. The van der Waals surface area contributed by atoms with Crippen molar-refractivity contribution in [1.29, 1.82) is 0 Å². The van der Waals surface area contributed by atoms with E-state index in [0.717, 1.165) is 30.4 Å². The van der Waals surface area contributed by atoms with Crippen LogP contribution in [0.25, 0.3) is 0 Å². The molecule has 0 saturated heterocycles. The molecule has 1 aliphatic rings. The molecule has 0 amide bonds. The van der Waals surface area contributed by atoms with E-state index in [0.29, 0.717) is 5.92 Å². The molecule has 1 aromatic rings. The van der Waals surface area contributed by atoms with Crippen molar-refractivity contribution in [3.05, 3.63) is 23.8 Å². The standard InChI is InChI=1S/C19H30O2/c1-13(2)9-14(3)10-15(4)21-16-7-8-17-18(11-16)20-12-19(17,5)6/h7-8,11,13-15H,9-10,12H2,1-6H3. The first-order chi connectivity index (χ1) is 9.78. The van der Waals surface area contributed by atoms with Crippen LogP contribution in [0.15, 0.2) is 18.2 Å². The molecular formula is C19H30O2. The van der Waals surface area contributed by atoms with E-state index in [-0.39, 0.29) is 11.5 Å². The van der Waals surface area contributed by atoms with Gasteiger partial charge in [0, 0.05) is 17.0 Å². The number of rotatable bonds is 6. The summed E-state index contributed by atoms with van der Waals surface area (Å²) < 4.78 is 11.9. The van der Waals surface area contributed by atoms with Crippen molar-refractivity contribution in [3.63, 3.8) is 0 Å². The Bertz CT molecular complexity index is 476. The van der Waals surface area contributed by atoms with Crippen LogP contribution in [0.2, 0.25) is 0 Å². The van der Waals surface area contributed by atoms with Gasteiger partial charge in [-0.1, -0.05) is 40.7 Å². The molecule has 0 spiro atoms. The van der Waals surface area contributed by atoms with E-state index in [1.54, 1.807) is 0 Å². The largest absolute Gasteiger partial charge is 0.492 e. The molecule has 2 rings (SSSR count). The molecule has 1 heterocycles. The van der Waals surface area contributed by atoms with E-state index < -0.39 is 0 Å². The second kappa shape index (κ2) is 6.29. The number of ether oxygens (including phenoxy) is 2. The maximum atomic E-state index is 6.08. The normalized spacial score (nSPS) is 19.0. The first-order valence-corrected chi connectivity index (χ1v) is 8.22.